The third kappa shape index (κ3) is 3.01. The van der Waals surface area contributed by atoms with Gasteiger partial charge in [0.15, 0.2) is 0 Å². The number of carbonyl (C=O) groups is 1. The van der Waals surface area contributed by atoms with Crippen LogP contribution in [0.1, 0.15) is 36.7 Å². The summed E-state index contributed by atoms with van der Waals surface area (Å²) in [4.78, 5) is 10.8. The molecule has 1 aromatic carbocycles. The molecular weight excluding hydrogens is 254 g/mol. The molecule has 0 saturated carbocycles. The van der Waals surface area contributed by atoms with Gasteiger partial charge >= 0.3 is 5.97 Å². The van der Waals surface area contributed by atoms with E-state index in [1.807, 2.05) is 0 Å². The van der Waals surface area contributed by atoms with Crippen LogP contribution in [0, 0.1) is 6.92 Å². The van der Waals surface area contributed by atoms with Crippen LogP contribution in [0.25, 0.3) is 0 Å². The quantitative estimate of drug-likeness (QED) is 0.883. The number of benzene rings is 1. The molecule has 1 rings (SSSR count). The summed E-state index contributed by atoms with van der Waals surface area (Å²) in [5.41, 5.74) is 1.02. The van der Waals surface area contributed by atoms with Crippen LogP contribution in [0.4, 0.5) is 5.69 Å². The minimum absolute atomic E-state index is 0.0483. The number of carboxylic acid groups (broad SMARTS) is 1. The maximum Gasteiger partial charge on any atom is 0.335 e. The minimum Gasteiger partial charge on any atom is -0.478 e. The van der Waals surface area contributed by atoms with Gasteiger partial charge in [0.25, 0.3) is 0 Å². The van der Waals surface area contributed by atoms with E-state index in [1.165, 1.54) is 12.1 Å². The molecule has 6 heteroatoms. The highest BCUT2D eigenvalue weighted by molar-refractivity contribution is 7.94. The summed E-state index contributed by atoms with van der Waals surface area (Å²) >= 11 is 0. The molecule has 18 heavy (non-hydrogen) atoms. The predicted molar refractivity (Wildman–Crippen MR) is 70.4 cm³/mol. The molecule has 0 spiro atoms. The van der Waals surface area contributed by atoms with Crippen LogP contribution in [-0.4, -0.2) is 24.2 Å². The van der Waals surface area contributed by atoms with E-state index in [0.717, 1.165) is 0 Å². The molecule has 0 fully saturated rings. The van der Waals surface area contributed by atoms with Crippen molar-refractivity contribution in [2.24, 2.45) is 0 Å². The van der Waals surface area contributed by atoms with Crippen molar-refractivity contribution in [2.45, 2.75) is 32.4 Å². The largest absolute Gasteiger partial charge is 0.478 e. The highest BCUT2D eigenvalue weighted by Gasteiger charge is 2.29. The average molecular weight is 271 g/mol. The van der Waals surface area contributed by atoms with Crippen LogP contribution in [0.5, 0.6) is 0 Å². The first kappa shape index (κ1) is 14.5. The van der Waals surface area contributed by atoms with Gasteiger partial charge < -0.3 is 5.11 Å². The fourth-order valence-electron chi connectivity index (χ4n) is 1.16. The molecule has 1 aromatic rings. The summed E-state index contributed by atoms with van der Waals surface area (Å²) in [7, 11) is -3.56. The molecule has 0 aliphatic heterocycles. The topological polar surface area (TPSA) is 83.5 Å². The van der Waals surface area contributed by atoms with Crippen molar-refractivity contribution in [1.29, 1.82) is 0 Å². The lowest BCUT2D eigenvalue weighted by molar-refractivity contribution is 0.0697. The van der Waals surface area contributed by atoms with Crippen LogP contribution in [0.2, 0.25) is 0 Å². The van der Waals surface area contributed by atoms with Gasteiger partial charge in [-0.05, 0) is 45.4 Å². The molecule has 100 valence electrons. The summed E-state index contributed by atoms with van der Waals surface area (Å²) in [5, 5.41) is 8.88. The molecule has 0 heterocycles. The van der Waals surface area contributed by atoms with Crippen molar-refractivity contribution in [1.82, 2.24) is 0 Å². The van der Waals surface area contributed by atoms with Gasteiger partial charge in [-0.25, -0.2) is 13.2 Å². The van der Waals surface area contributed by atoms with Gasteiger partial charge in [-0.3, -0.25) is 4.72 Å². The second-order valence-corrected chi connectivity index (χ2v) is 7.49. The second-order valence-electron chi connectivity index (χ2n) is 5.05. The summed E-state index contributed by atoms with van der Waals surface area (Å²) in [6, 6.07) is 4.33. The van der Waals surface area contributed by atoms with Crippen LogP contribution < -0.4 is 4.72 Å². The third-order valence-electron chi connectivity index (χ3n) is 2.54. The van der Waals surface area contributed by atoms with Crippen molar-refractivity contribution in [3.63, 3.8) is 0 Å². The van der Waals surface area contributed by atoms with Crippen LogP contribution in [-0.2, 0) is 10.0 Å². The molecule has 0 saturated heterocycles. The van der Waals surface area contributed by atoms with E-state index in [2.05, 4.69) is 4.72 Å². The van der Waals surface area contributed by atoms with E-state index in [-0.39, 0.29) is 5.56 Å². The summed E-state index contributed by atoms with van der Waals surface area (Å²) in [6.07, 6.45) is 0. The van der Waals surface area contributed by atoms with Gasteiger partial charge in [0.2, 0.25) is 10.0 Å². The first-order chi connectivity index (χ1) is 8.04. The molecule has 5 nitrogen and oxygen atoms in total. The molecule has 0 aliphatic rings. The second kappa shape index (κ2) is 4.61. The van der Waals surface area contributed by atoms with Gasteiger partial charge in [0, 0.05) is 0 Å². The number of rotatable bonds is 3. The molecule has 2 N–H and O–H groups in total. The highest BCUT2D eigenvalue weighted by atomic mass is 32.2. The van der Waals surface area contributed by atoms with Crippen molar-refractivity contribution >= 4 is 21.7 Å². The third-order valence-corrected chi connectivity index (χ3v) is 4.64. The van der Waals surface area contributed by atoms with E-state index < -0.39 is 20.7 Å². The van der Waals surface area contributed by atoms with Gasteiger partial charge in [-0.15, -0.1) is 0 Å². The number of aromatic carboxylic acids is 1. The Morgan fingerprint density at radius 2 is 1.83 bits per heavy atom. The zero-order chi connectivity index (χ0) is 14.1. The Hall–Kier alpha value is -1.56. The van der Waals surface area contributed by atoms with E-state index in [0.29, 0.717) is 11.3 Å². The maximum absolute atomic E-state index is 12.0. The number of nitrogens with one attached hydrogen (secondary N) is 1. The zero-order valence-electron chi connectivity index (χ0n) is 10.8. The minimum atomic E-state index is -3.56. The Kier molecular flexibility index (Phi) is 3.71. The molecular formula is C12H17NO4S. The molecule has 0 radical (unpaired) electrons. The number of carboxylic acids is 1. The van der Waals surface area contributed by atoms with Gasteiger partial charge in [0.05, 0.1) is 16.0 Å². The lowest BCUT2D eigenvalue weighted by Gasteiger charge is -2.21. The lowest BCUT2D eigenvalue weighted by atomic mass is 10.1. The monoisotopic (exact) mass is 271 g/mol. The summed E-state index contributed by atoms with van der Waals surface area (Å²) < 4.78 is 25.5. The van der Waals surface area contributed by atoms with Crippen LogP contribution in [0.3, 0.4) is 0 Å². The predicted octanol–water partition coefficient (Wildman–Crippen LogP) is 2.23. The SMILES string of the molecule is Cc1ccc(C(=O)O)cc1NS(=O)(=O)C(C)(C)C. The Labute approximate surface area is 107 Å². The van der Waals surface area contributed by atoms with E-state index in [9.17, 15) is 13.2 Å². The Bertz CT molecular complexity index is 570. The van der Waals surface area contributed by atoms with Crippen LogP contribution >= 0.6 is 0 Å². The number of sulfonamides is 1. The van der Waals surface area contributed by atoms with Crippen molar-refractivity contribution in [3.05, 3.63) is 29.3 Å². The standard InChI is InChI=1S/C12H17NO4S/c1-8-5-6-9(11(14)15)7-10(8)13-18(16,17)12(2,3)4/h5-7,13H,1-4H3,(H,14,15). The molecule has 0 atom stereocenters. The first-order valence-electron chi connectivity index (χ1n) is 5.41. The van der Waals surface area contributed by atoms with E-state index >= 15 is 0 Å². The lowest BCUT2D eigenvalue weighted by Crippen LogP contribution is -2.33. The highest BCUT2D eigenvalue weighted by Crippen LogP contribution is 2.23. The average Bonchev–Trinajstić information content (AvgIpc) is 2.18. The van der Waals surface area contributed by atoms with Gasteiger partial charge in [-0.2, -0.15) is 0 Å². The number of anilines is 1. The molecule has 0 aromatic heterocycles. The molecule has 0 aliphatic carbocycles. The Balaban J connectivity index is 3.20. The fraction of sp³-hybridized carbons (Fsp3) is 0.417. The zero-order valence-corrected chi connectivity index (χ0v) is 11.6. The van der Waals surface area contributed by atoms with Crippen molar-refractivity contribution in [2.75, 3.05) is 4.72 Å². The van der Waals surface area contributed by atoms with Gasteiger partial charge in [-0.1, -0.05) is 6.07 Å². The van der Waals surface area contributed by atoms with Crippen LogP contribution in [0.15, 0.2) is 18.2 Å². The fourth-order valence-corrected chi connectivity index (χ4v) is 1.98. The molecule has 0 bridgehead atoms. The first-order valence-corrected chi connectivity index (χ1v) is 6.89. The van der Waals surface area contributed by atoms with E-state index in [1.54, 1.807) is 33.8 Å². The Morgan fingerprint density at radius 1 is 1.28 bits per heavy atom. The number of aryl methyl sites for hydroxylation is 1. The number of hydrogen-bond acceptors (Lipinski definition) is 3. The van der Waals surface area contributed by atoms with Crippen molar-refractivity contribution < 1.29 is 18.3 Å². The summed E-state index contributed by atoms with van der Waals surface area (Å²) in [5.74, 6) is -1.09. The normalized spacial score (nSPS) is 12.2. The molecule has 0 amide bonds. The molecule has 0 unspecified atom stereocenters. The van der Waals surface area contributed by atoms with E-state index in [4.69, 9.17) is 5.11 Å². The van der Waals surface area contributed by atoms with Gasteiger partial charge in [0.1, 0.15) is 0 Å². The summed E-state index contributed by atoms with van der Waals surface area (Å²) in [6.45, 7) is 6.44. The van der Waals surface area contributed by atoms with Crippen molar-refractivity contribution in [3.8, 4) is 0 Å². The Morgan fingerprint density at radius 3 is 2.28 bits per heavy atom. The maximum atomic E-state index is 12.0. The smallest absolute Gasteiger partial charge is 0.335 e. The number of hydrogen-bond donors (Lipinski definition) is 2.